The van der Waals surface area contributed by atoms with Crippen molar-refractivity contribution in [2.75, 3.05) is 26.7 Å². The van der Waals surface area contributed by atoms with Gasteiger partial charge in [0.25, 0.3) is 0 Å². The lowest BCUT2D eigenvalue weighted by molar-refractivity contribution is 0.264. The Morgan fingerprint density at radius 2 is 2.00 bits per heavy atom. The van der Waals surface area contributed by atoms with E-state index in [1.807, 2.05) is 31.2 Å². The van der Waals surface area contributed by atoms with Gasteiger partial charge in [0.15, 0.2) is 0 Å². The minimum absolute atomic E-state index is 0.140. The highest BCUT2D eigenvalue weighted by atomic mass is 35.5. The lowest BCUT2D eigenvalue weighted by atomic mass is 10.0. The maximum absolute atomic E-state index is 13.3. The molecule has 0 bridgehead atoms. The van der Waals surface area contributed by atoms with Gasteiger partial charge in [-0.15, -0.1) is 0 Å². The predicted octanol–water partition coefficient (Wildman–Crippen LogP) is 2.99. The van der Waals surface area contributed by atoms with Gasteiger partial charge in [-0.2, -0.15) is 4.31 Å². The molecular formula is C18H21ClN2O3S. The second-order valence-electron chi connectivity index (χ2n) is 6.01. The molecule has 0 radical (unpaired) electrons. The molecule has 1 heterocycles. The number of methoxy groups -OCH3 is 1. The molecule has 1 saturated heterocycles. The SMILES string of the molecule is COc1ccccc1C1CNCCN1S(=O)(=O)c1ccc(C)cc1Cl. The Hall–Kier alpha value is -1.60. The Labute approximate surface area is 153 Å². The molecule has 1 fully saturated rings. The fourth-order valence-electron chi connectivity index (χ4n) is 3.12. The number of piperazine rings is 1. The molecule has 0 amide bonds. The van der Waals surface area contributed by atoms with Gasteiger partial charge in [-0.05, 0) is 30.7 Å². The van der Waals surface area contributed by atoms with Gasteiger partial charge in [0, 0.05) is 25.2 Å². The summed E-state index contributed by atoms with van der Waals surface area (Å²) in [4.78, 5) is 0.140. The van der Waals surface area contributed by atoms with Crippen molar-refractivity contribution >= 4 is 21.6 Å². The van der Waals surface area contributed by atoms with Crippen LogP contribution in [0.2, 0.25) is 5.02 Å². The van der Waals surface area contributed by atoms with E-state index in [1.165, 1.54) is 4.31 Å². The van der Waals surface area contributed by atoms with E-state index < -0.39 is 10.0 Å². The highest BCUT2D eigenvalue weighted by Gasteiger charge is 2.36. The van der Waals surface area contributed by atoms with Gasteiger partial charge in [0.05, 0.1) is 18.2 Å². The molecule has 7 heteroatoms. The molecule has 1 atom stereocenters. The van der Waals surface area contributed by atoms with Crippen LogP contribution in [-0.4, -0.2) is 39.5 Å². The van der Waals surface area contributed by atoms with Crippen molar-refractivity contribution in [3.05, 3.63) is 58.6 Å². The third-order valence-corrected chi connectivity index (χ3v) is 6.76. The molecule has 5 nitrogen and oxygen atoms in total. The quantitative estimate of drug-likeness (QED) is 0.885. The van der Waals surface area contributed by atoms with E-state index >= 15 is 0 Å². The van der Waals surface area contributed by atoms with Gasteiger partial charge in [-0.25, -0.2) is 8.42 Å². The van der Waals surface area contributed by atoms with Crippen LogP contribution in [0.15, 0.2) is 47.4 Å². The van der Waals surface area contributed by atoms with Gasteiger partial charge in [0.1, 0.15) is 10.6 Å². The van der Waals surface area contributed by atoms with Crippen LogP contribution in [0.25, 0.3) is 0 Å². The number of nitrogens with one attached hydrogen (secondary N) is 1. The molecule has 1 aliphatic heterocycles. The molecule has 3 rings (SSSR count). The van der Waals surface area contributed by atoms with Gasteiger partial charge < -0.3 is 10.1 Å². The first-order chi connectivity index (χ1) is 11.9. The van der Waals surface area contributed by atoms with Crippen LogP contribution in [0, 0.1) is 6.92 Å². The van der Waals surface area contributed by atoms with Crippen LogP contribution in [-0.2, 0) is 10.0 Å². The zero-order chi connectivity index (χ0) is 18.0. The summed E-state index contributed by atoms with van der Waals surface area (Å²) in [6.45, 7) is 3.36. The minimum atomic E-state index is -3.73. The highest BCUT2D eigenvalue weighted by Crippen LogP contribution is 2.35. The summed E-state index contributed by atoms with van der Waals surface area (Å²) in [5, 5.41) is 3.51. The molecule has 1 N–H and O–H groups in total. The number of hydrogen-bond donors (Lipinski definition) is 1. The number of aryl methyl sites for hydroxylation is 1. The van der Waals surface area contributed by atoms with E-state index in [1.54, 1.807) is 25.3 Å². The first-order valence-electron chi connectivity index (χ1n) is 8.07. The Kier molecular flexibility index (Phi) is 5.34. The molecule has 1 unspecified atom stereocenters. The van der Waals surface area contributed by atoms with Crippen molar-refractivity contribution in [3.8, 4) is 5.75 Å². The van der Waals surface area contributed by atoms with Crippen molar-refractivity contribution in [2.24, 2.45) is 0 Å². The standard InChI is InChI=1S/C18H21ClN2O3S/c1-13-7-8-18(15(19)11-13)25(22,23)21-10-9-20-12-16(21)14-5-3-4-6-17(14)24-2/h3-8,11,16,20H,9-10,12H2,1-2H3. The Morgan fingerprint density at radius 3 is 2.72 bits per heavy atom. The third kappa shape index (κ3) is 3.53. The van der Waals surface area contributed by atoms with Gasteiger partial charge >= 0.3 is 0 Å². The average molecular weight is 381 g/mol. The summed E-state index contributed by atoms with van der Waals surface area (Å²) in [5.74, 6) is 0.673. The van der Waals surface area contributed by atoms with E-state index in [0.29, 0.717) is 25.4 Å². The van der Waals surface area contributed by atoms with Gasteiger partial charge in [-0.3, -0.25) is 0 Å². The average Bonchev–Trinajstić information content (AvgIpc) is 2.61. The molecule has 1 aliphatic rings. The summed E-state index contributed by atoms with van der Waals surface area (Å²) >= 11 is 6.24. The molecule has 134 valence electrons. The normalized spacial score (nSPS) is 18.9. The monoisotopic (exact) mass is 380 g/mol. The van der Waals surface area contributed by atoms with Gasteiger partial charge in [0.2, 0.25) is 10.0 Å². The fourth-order valence-corrected chi connectivity index (χ4v) is 5.30. The Morgan fingerprint density at radius 1 is 1.24 bits per heavy atom. The smallest absolute Gasteiger partial charge is 0.245 e. The van der Waals surface area contributed by atoms with Crippen LogP contribution >= 0.6 is 11.6 Å². The number of nitrogens with zero attached hydrogens (tertiary/aromatic N) is 1. The van der Waals surface area contributed by atoms with Crippen LogP contribution in [0.5, 0.6) is 5.75 Å². The van der Waals surface area contributed by atoms with Crippen LogP contribution < -0.4 is 10.1 Å². The summed E-state index contributed by atoms with van der Waals surface area (Å²) in [7, 11) is -2.14. The zero-order valence-electron chi connectivity index (χ0n) is 14.2. The summed E-state index contributed by atoms with van der Waals surface area (Å²) in [6, 6.07) is 12.2. The molecule has 0 aliphatic carbocycles. The van der Waals surface area contributed by atoms with Crippen LogP contribution in [0.4, 0.5) is 0 Å². The first kappa shape index (κ1) is 18.2. The number of sulfonamides is 1. The van der Waals surface area contributed by atoms with Crippen LogP contribution in [0.1, 0.15) is 17.2 Å². The third-order valence-electron chi connectivity index (χ3n) is 4.37. The molecule has 0 aromatic heterocycles. The molecule has 25 heavy (non-hydrogen) atoms. The lowest BCUT2D eigenvalue weighted by Crippen LogP contribution is -2.48. The number of hydrogen-bond acceptors (Lipinski definition) is 4. The van der Waals surface area contributed by atoms with E-state index in [4.69, 9.17) is 16.3 Å². The summed E-state index contributed by atoms with van der Waals surface area (Å²) < 4.78 is 33.5. The Balaban J connectivity index is 2.06. The maximum Gasteiger partial charge on any atom is 0.245 e. The fraction of sp³-hybridized carbons (Fsp3) is 0.333. The lowest BCUT2D eigenvalue weighted by Gasteiger charge is -2.36. The van der Waals surface area contributed by atoms with E-state index in [2.05, 4.69) is 5.32 Å². The summed E-state index contributed by atoms with van der Waals surface area (Å²) in [6.07, 6.45) is 0. The number of ether oxygens (including phenoxy) is 1. The van der Waals surface area contributed by atoms with Crippen molar-refractivity contribution in [1.82, 2.24) is 9.62 Å². The minimum Gasteiger partial charge on any atom is -0.496 e. The number of para-hydroxylation sites is 1. The van der Waals surface area contributed by atoms with E-state index in [9.17, 15) is 8.42 Å². The molecule has 0 spiro atoms. The number of benzene rings is 2. The van der Waals surface area contributed by atoms with Crippen molar-refractivity contribution in [1.29, 1.82) is 0 Å². The molecule has 2 aromatic rings. The largest absolute Gasteiger partial charge is 0.496 e. The maximum atomic E-state index is 13.3. The second-order valence-corrected chi connectivity index (χ2v) is 8.28. The topological polar surface area (TPSA) is 58.6 Å². The van der Waals surface area contributed by atoms with E-state index in [0.717, 1.165) is 11.1 Å². The van der Waals surface area contributed by atoms with Crippen molar-refractivity contribution in [3.63, 3.8) is 0 Å². The van der Waals surface area contributed by atoms with Gasteiger partial charge in [-0.1, -0.05) is 35.9 Å². The molecule has 0 saturated carbocycles. The predicted molar refractivity (Wildman–Crippen MR) is 98.7 cm³/mol. The van der Waals surface area contributed by atoms with Crippen LogP contribution in [0.3, 0.4) is 0 Å². The second kappa shape index (κ2) is 7.33. The summed E-state index contributed by atoms with van der Waals surface area (Å²) in [5.41, 5.74) is 1.76. The van der Waals surface area contributed by atoms with E-state index in [-0.39, 0.29) is 16.0 Å². The number of rotatable bonds is 4. The number of halogens is 1. The molecular weight excluding hydrogens is 360 g/mol. The van der Waals surface area contributed by atoms with Crippen molar-refractivity contribution in [2.45, 2.75) is 17.9 Å². The first-order valence-corrected chi connectivity index (χ1v) is 9.88. The highest BCUT2D eigenvalue weighted by molar-refractivity contribution is 7.89. The Bertz CT molecular complexity index is 870. The molecule has 2 aromatic carbocycles. The zero-order valence-corrected chi connectivity index (χ0v) is 15.8. The van der Waals surface area contributed by atoms with Crippen molar-refractivity contribution < 1.29 is 13.2 Å².